The number of para-hydroxylation sites is 3. The van der Waals surface area contributed by atoms with Crippen LogP contribution in [0.5, 0.6) is 5.75 Å². The van der Waals surface area contributed by atoms with Gasteiger partial charge in [0.2, 0.25) is 0 Å². The molecule has 0 radical (unpaired) electrons. The van der Waals surface area contributed by atoms with Crippen molar-refractivity contribution in [1.82, 2.24) is 0 Å². The first-order valence-corrected chi connectivity index (χ1v) is 7.42. The van der Waals surface area contributed by atoms with Crippen LogP contribution in [0.4, 0.5) is 11.4 Å². The number of ether oxygens (including phenoxy) is 1. The number of rotatable bonds is 4. The minimum atomic E-state index is -0.161. The molecule has 0 bridgehead atoms. The molecule has 1 N–H and O–H groups in total. The minimum absolute atomic E-state index is 0.161. The van der Waals surface area contributed by atoms with Crippen LogP contribution in [0.1, 0.15) is 0 Å². The molecule has 4 heteroatoms. The lowest BCUT2D eigenvalue weighted by Crippen LogP contribution is -2.23. The monoisotopic (exact) mass is 306 g/mol. The van der Waals surface area contributed by atoms with E-state index in [4.69, 9.17) is 4.74 Å². The van der Waals surface area contributed by atoms with Gasteiger partial charge in [-0.25, -0.2) is 0 Å². The lowest BCUT2D eigenvalue weighted by atomic mass is 10.1. The van der Waals surface area contributed by atoms with E-state index in [1.165, 1.54) is 0 Å². The molecule has 4 nitrogen and oxygen atoms in total. The van der Waals surface area contributed by atoms with Crippen LogP contribution in [0.15, 0.2) is 78.5 Å². The number of hydrogen-bond donors (Lipinski definition) is 1. The number of nitrogens with one attached hydrogen (secondary N) is 1. The van der Waals surface area contributed by atoms with Gasteiger partial charge in [0, 0.05) is 18.4 Å². The van der Waals surface area contributed by atoms with E-state index in [2.05, 4.69) is 5.32 Å². The highest BCUT2D eigenvalue weighted by atomic mass is 16.5. The predicted molar refractivity (Wildman–Crippen MR) is 92.6 cm³/mol. The number of carbonyl (C=O) groups excluding carboxylic acids is 1. The van der Waals surface area contributed by atoms with Crippen LogP contribution in [-0.4, -0.2) is 19.6 Å². The first kappa shape index (κ1) is 14.9. The van der Waals surface area contributed by atoms with Gasteiger partial charge in [0.25, 0.3) is 5.91 Å². The Labute approximate surface area is 135 Å². The summed E-state index contributed by atoms with van der Waals surface area (Å²) in [7, 11) is 1.59. The van der Waals surface area contributed by atoms with Crippen LogP contribution >= 0.6 is 0 Å². The number of amides is 1. The van der Waals surface area contributed by atoms with E-state index in [0.717, 1.165) is 12.2 Å². The highest BCUT2D eigenvalue weighted by Gasteiger charge is 2.14. The number of nitrogens with zero attached hydrogens (tertiary/aromatic N) is 1. The molecular formula is C19H18N2O2. The zero-order valence-corrected chi connectivity index (χ0v) is 12.9. The summed E-state index contributed by atoms with van der Waals surface area (Å²) in [5.74, 6) is 0.479. The number of carbonyl (C=O) groups is 1. The van der Waals surface area contributed by atoms with Gasteiger partial charge in [0.15, 0.2) is 0 Å². The van der Waals surface area contributed by atoms with Gasteiger partial charge >= 0.3 is 0 Å². The summed E-state index contributed by atoms with van der Waals surface area (Å²) in [6.07, 6.45) is 5.68. The van der Waals surface area contributed by atoms with Gasteiger partial charge in [-0.15, -0.1) is 0 Å². The molecule has 1 aliphatic heterocycles. The Hall–Kier alpha value is -3.01. The Morgan fingerprint density at radius 3 is 2.61 bits per heavy atom. The van der Waals surface area contributed by atoms with Crippen LogP contribution in [0.3, 0.4) is 0 Å². The summed E-state index contributed by atoms with van der Waals surface area (Å²) in [5, 5.41) is 2.89. The summed E-state index contributed by atoms with van der Waals surface area (Å²) in [6, 6.07) is 17.3. The Bertz CT molecular complexity index is 751. The van der Waals surface area contributed by atoms with E-state index < -0.39 is 0 Å². The van der Waals surface area contributed by atoms with Crippen LogP contribution in [0.25, 0.3) is 0 Å². The number of methoxy groups -OCH3 is 1. The average Bonchev–Trinajstić information content (AvgIpc) is 2.63. The fraction of sp³-hybridized carbons (Fsp3) is 0.105. The van der Waals surface area contributed by atoms with Crippen molar-refractivity contribution in [1.29, 1.82) is 0 Å². The van der Waals surface area contributed by atoms with Gasteiger partial charge < -0.3 is 15.0 Å². The predicted octanol–water partition coefficient (Wildman–Crippen LogP) is 3.59. The molecule has 0 saturated heterocycles. The highest BCUT2D eigenvalue weighted by Crippen LogP contribution is 2.24. The van der Waals surface area contributed by atoms with Crippen molar-refractivity contribution in [2.75, 3.05) is 23.9 Å². The third-order valence-corrected chi connectivity index (χ3v) is 3.60. The average molecular weight is 306 g/mol. The van der Waals surface area contributed by atoms with Crippen LogP contribution < -0.4 is 15.0 Å². The lowest BCUT2D eigenvalue weighted by Gasteiger charge is -2.23. The van der Waals surface area contributed by atoms with Crippen molar-refractivity contribution < 1.29 is 9.53 Å². The molecule has 0 saturated carbocycles. The molecular weight excluding hydrogens is 288 g/mol. The second-order valence-corrected chi connectivity index (χ2v) is 5.13. The Balaban J connectivity index is 1.79. The van der Waals surface area contributed by atoms with Crippen LogP contribution in [-0.2, 0) is 4.79 Å². The van der Waals surface area contributed by atoms with Crippen molar-refractivity contribution in [3.05, 3.63) is 78.5 Å². The van der Waals surface area contributed by atoms with Gasteiger partial charge in [-0.05, 0) is 24.3 Å². The molecule has 23 heavy (non-hydrogen) atoms. The van der Waals surface area contributed by atoms with Crippen molar-refractivity contribution in [2.24, 2.45) is 0 Å². The fourth-order valence-corrected chi connectivity index (χ4v) is 2.43. The highest BCUT2D eigenvalue weighted by molar-refractivity contribution is 6.06. The van der Waals surface area contributed by atoms with Crippen molar-refractivity contribution in [2.45, 2.75) is 0 Å². The summed E-state index contributed by atoms with van der Waals surface area (Å²) in [4.78, 5) is 14.5. The normalized spacial score (nSPS) is 13.4. The van der Waals surface area contributed by atoms with E-state index in [0.29, 0.717) is 17.0 Å². The van der Waals surface area contributed by atoms with Crippen LogP contribution in [0, 0.1) is 0 Å². The molecule has 116 valence electrons. The number of anilines is 2. The topological polar surface area (TPSA) is 41.6 Å². The van der Waals surface area contributed by atoms with Crippen molar-refractivity contribution >= 4 is 17.3 Å². The van der Waals surface area contributed by atoms with Gasteiger partial charge in [-0.3, -0.25) is 4.79 Å². The maximum Gasteiger partial charge on any atom is 0.257 e. The fourth-order valence-electron chi connectivity index (χ4n) is 2.43. The Kier molecular flexibility index (Phi) is 4.43. The van der Waals surface area contributed by atoms with E-state index in [9.17, 15) is 4.79 Å². The molecule has 0 atom stereocenters. The summed E-state index contributed by atoms with van der Waals surface area (Å²) in [5.41, 5.74) is 2.32. The lowest BCUT2D eigenvalue weighted by molar-refractivity contribution is -0.112. The summed E-state index contributed by atoms with van der Waals surface area (Å²) in [6.45, 7) is 0.745. The van der Waals surface area contributed by atoms with E-state index in [-0.39, 0.29) is 5.91 Å². The maximum atomic E-state index is 12.5. The third-order valence-electron chi connectivity index (χ3n) is 3.60. The van der Waals surface area contributed by atoms with Crippen molar-refractivity contribution in [3.8, 4) is 5.75 Å². The Morgan fingerprint density at radius 2 is 1.83 bits per heavy atom. The minimum Gasteiger partial charge on any atom is -0.495 e. The largest absolute Gasteiger partial charge is 0.495 e. The maximum absolute atomic E-state index is 12.5. The zero-order valence-electron chi connectivity index (χ0n) is 12.9. The first-order chi connectivity index (χ1) is 11.3. The molecule has 2 aromatic carbocycles. The first-order valence-electron chi connectivity index (χ1n) is 7.42. The van der Waals surface area contributed by atoms with Gasteiger partial charge in [0.1, 0.15) is 5.75 Å². The molecule has 3 rings (SSSR count). The second kappa shape index (κ2) is 6.83. The molecule has 0 aliphatic carbocycles. The summed E-state index contributed by atoms with van der Waals surface area (Å²) < 4.78 is 5.26. The van der Waals surface area contributed by atoms with E-state index in [1.807, 2.05) is 77.8 Å². The molecule has 1 aliphatic rings. The van der Waals surface area contributed by atoms with Crippen molar-refractivity contribution in [3.63, 3.8) is 0 Å². The molecule has 2 aromatic rings. The SMILES string of the molecule is COc1ccccc1NC(=O)C1=CN(c2ccccc2)CC=C1. The smallest absolute Gasteiger partial charge is 0.257 e. The molecule has 0 spiro atoms. The van der Waals surface area contributed by atoms with E-state index in [1.54, 1.807) is 7.11 Å². The van der Waals surface area contributed by atoms with Gasteiger partial charge in [-0.2, -0.15) is 0 Å². The molecule has 1 heterocycles. The molecule has 0 fully saturated rings. The van der Waals surface area contributed by atoms with Gasteiger partial charge in [-0.1, -0.05) is 42.5 Å². The standard InChI is InChI=1S/C19H18N2O2/c1-23-18-12-6-5-11-17(18)20-19(22)15-8-7-13-21(14-15)16-9-3-2-4-10-16/h2-12,14H,13H2,1H3,(H,20,22). The van der Waals surface area contributed by atoms with E-state index >= 15 is 0 Å². The third kappa shape index (κ3) is 3.43. The van der Waals surface area contributed by atoms with Crippen LogP contribution in [0.2, 0.25) is 0 Å². The molecule has 0 unspecified atom stereocenters. The summed E-state index contributed by atoms with van der Waals surface area (Å²) >= 11 is 0. The second-order valence-electron chi connectivity index (χ2n) is 5.13. The number of hydrogen-bond acceptors (Lipinski definition) is 3. The molecule has 1 amide bonds. The van der Waals surface area contributed by atoms with Gasteiger partial charge in [0.05, 0.1) is 18.4 Å². The quantitative estimate of drug-likeness (QED) is 0.938. The zero-order chi connectivity index (χ0) is 16.1. The Morgan fingerprint density at radius 1 is 1.09 bits per heavy atom. The number of benzene rings is 2. The molecule has 0 aromatic heterocycles.